The Morgan fingerprint density at radius 1 is 1.44 bits per heavy atom. The lowest BCUT2D eigenvalue weighted by Gasteiger charge is -2.28. The van der Waals surface area contributed by atoms with E-state index in [9.17, 15) is 4.79 Å². The summed E-state index contributed by atoms with van der Waals surface area (Å²) in [5, 5.41) is 3.24. The van der Waals surface area contributed by atoms with Crippen LogP contribution in [0.4, 0.5) is 0 Å². The van der Waals surface area contributed by atoms with Gasteiger partial charge in [-0.2, -0.15) is 0 Å². The SMILES string of the molecule is CC(C)(C)[C@@H](NCCc1cccc(Br)c1)C(N)=O. The van der Waals surface area contributed by atoms with Gasteiger partial charge in [0.2, 0.25) is 5.91 Å². The Bertz CT molecular complexity index is 413. The van der Waals surface area contributed by atoms with E-state index in [1.807, 2.05) is 32.9 Å². The number of nitrogens with two attached hydrogens (primary N) is 1. The molecule has 0 aliphatic rings. The van der Waals surface area contributed by atoms with Crippen molar-refractivity contribution < 1.29 is 4.79 Å². The zero-order chi connectivity index (χ0) is 13.8. The van der Waals surface area contributed by atoms with Crippen molar-refractivity contribution in [2.24, 2.45) is 11.1 Å². The zero-order valence-electron chi connectivity index (χ0n) is 11.2. The number of amides is 1. The van der Waals surface area contributed by atoms with E-state index in [0.717, 1.165) is 17.4 Å². The molecule has 18 heavy (non-hydrogen) atoms. The standard InChI is InChI=1S/C14H21BrN2O/c1-14(2,3)12(13(16)18)17-8-7-10-5-4-6-11(15)9-10/h4-6,9,12,17H,7-8H2,1-3H3,(H2,16,18)/t12-/m0/s1. The third kappa shape index (κ3) is 4.78. The third-order valence-electron chi connectivity index (χ3n) is 2.80. The number of benzene rings is 1. The predicted octanol–water partition coefficient (Wildman–Crippen LogP) is 2.48. The molecule has 0 aliphatic heterocycles. The molecule has 1 rings (SSSR count). The van der Waals surface area contributed by atoms with Crippen LogP contribution in [0.5, 0.6) is 0 Å². The number of hydrogen-bond donors (Lipinski definition) is 2. The van der Waals surface area contributed by atoms with Gasteiger partial charge in [0, 0.05) is 4.47 Å². The van der Waals surface area contributed by atoms with Crippen LogP contribution < -0.4 is 11.1 Å². The van der Waals surface area contributed by atoms with E-state index >= 15 is 0 Å². The van der Waals surface area contributed by atoms with Crippen LogP contribution in [0.3, 0.4) is 0 Å². The van der Waals surface area contributed by atoms with Gasteiger partial charge < -0.3 is 11.1 Å². The van der Waals surface area contributed by atoms with Crippen molar-refractivity contribution in [3.8, 4) is 0 Å². The Hall–Kier alpha value is -0.870. The van der Waals surface area contributed by atoms with Gasteiger partial charge >= 0.3 is 0 Å². The lowest BCUT2D eigenvalue weighted by atomic mass is 9.86. The topological polar surface area (TPSA) is 55.1 Å². The highest BCUT2D eigenvalue weighted by Gasteiger charge is 2.28. The minimum Gasteiger partial charge on any atom is -0.368 e. The number of nitrogens with one attached hydrogen (secondary N) is 1. The van der Waals surface area contributed by atoms with E-state index in [2.05, 4.69) is 33.4 Å². The second-order valence-corrected chi connectivity index (χ2v) is 6.45. The number of halogens is 1. The molecule has 3 N–H and O–H groups in total. The summed E-state index contributed by atoms with van der Waals surface area (Å²) in [6.45, 7) is 6.76. The first-order valence-corrected chi connectivity index (χ1v) is 6.87. The van der Waals surface area contributed by atoms with Crippen LogP contribution in [0.2, 0.25) is 0 Å². The maximum atomic E-state index is 11.4. The Balaban J connectivity index is 2.52. The van der Waals surface area contributed by atoms with Crippen LogP contribution in [0.15, 0.2) is 28.7 Å². The summed E-state index contributed by atoms with van der Waals surface area (Å²) in [6.07, 6.45) is 0.874. The van der Waals surface area contributed by atoms with E-state index in [4.69, 9.17) is 5.73 Å². The van der Waals surface area contributed by atoms with Crippen molar-refractivity contribution in [1.82, 2.24) is 5.32 Å². The van der Waals surface area contributed by atoms with Gasteiger partial charge in [-0.25, -0.2) is 0 Å². The maximum Gasteiger partial charge on any atom is 0.235 e. The summed E-state index contributed by atoms with van der Waals surface area (Å²) in [4.78, 5) is 11.4. The molecular weight excluding hydrogens is 292 g/mol. The lowest BCUT2D eigenvalue weighted by Crippen LogP contribution is -2.50. The first kappa shape index (κ1) is 15.2. The molecule has 0 heterocycles. The molecule has 0 aliphatic carbocycles. The molecular formula is C14H21BrN2O. The summed E-state index contributed by atoms with van der Waals surface area (Å²) < 4.78 is 1.07. The second-order valence-electron chi connectivity index (χ2n) is 5.54. The van der Waals surface area contributed by atoms with Gasteiger partial charge in [-0.1, -0.05) is 48.8 Å². The van der Waals surface area contributed by atoms with Gasteiger partial charge in [-0.15, -0.1) is 0 Å². The van der Waals surface area contributed by atoms with E-state index in [1.165, 1.54) is 5.56 Å². The average Bonchev–Trinajstić information content (AvgIpc) is 2.22. The molecule has 0 fully saturated rings. The highest BCUT2D eigenvalue weighted by Crippen LogP contribution is 2.19. The van der Waals surface area contributed by atoms with Crippen molar-refractivity contribution >= 4 is 21.8 Å². The highest BCUT2D eigenvalue weighted by atomic mass is 79.9. The molecule has 4 heteroatoms. The van der Waals surface area contributed by atoms with Crippen LogP contribution in [0.25, 0.3) is 0 Å². The highest BCUT2D eigenvalue weighted by molar-refractivity contribution is 9.10. The van der Waals surface area contributed by atoms with Crippen molar-refractivity contribution in [3.63, 3.8) is 0 Å². The normalized spacial score (nSPS) is 13.3. The molecule has 1 aromatic carbocycles. The minimum atomic E-state index is -0.301. The van der Waals surface area contributed by atoms with Gasteiger partial charge in [-0.05, 0) is 36.1 Å². The van der Waals surface area contributed by atoms with Crippen LogP contribution in [0, 0.1) is 5.41 Å². The number of carbonyl (C=O) groups excluding carboxylic acids is 1. The first-order chi connectivity index (χ1) is 8.30. The quantitative estimate of drug-likeness (QED) is 0.877. The van der Waals surface area contributed by atoms with Crippen molar-refractivity contribution in [2.45, 2.75) is 33.2 Å². The largest absolute Gasteiger partial charge is 0.368 e. The molecule has 0 unspecified atom stereocenters. The van der Waals surface area contributed by atoms with Crippen LogP contribution in [0.1, 0.15) is 26.3 Å². The summed E-state index contributed by atoms with van der Waals surface area (Å²) in [5.41, 5.74) is 6.48. The van der Waals surface area contributed by atoms with Gasteiger partial charge in [-0.3, -0.25) is 4.79 Å². The van der Waals surface area contributed by atoms with Crippen LogP contribution in [-0.4, -0.2) is 18.5 Å². The van der Waals surface area contributed by atoms with Crippen molar-refractivity contribution in [2.75, 3.05) is 6.54 Å². The van der Waals surface area contributed by atoms with Crippen LogP contribution in [-0.2, 0) is 11.2 Å². The van der Waals surface area contributed by atoms with Crippen LogP contribution >= 0.6 is 15.9 Å². The summed E-state index contributed by atoms with van der Waals surface area (Å²) in [7, 11) is 0. The first-order valence-electron chi connectivity index (χ1n) is 6.08. The van der Waals surface area contributed by atoms with Gasteiger partial charge in [0.05, 0.1) is 6.04 Å². The molecule has 100 valence electrons. The Morgan fingerprint density at radius 2 is 2.11 bits per heavy atom. The minimum absolute atomic E-state index is 0.164. The Labute approximate surface area is 117 Å². The summed E-state index contributed by atoms with van der Waals surface area (Å²) in [6, 6.07) is 7.86. The fourth-order valence-corrected chi connectivity index (χ4v) is 2.33. The maximum absolute atomic E-state index is 11.4. The molecule has 1 amide bonds. The Morgan fingerprint density at radius 3 is 2.61 bits per heavy atom. The lowest BCUT2D eigenvalue weighted by molar-refractivity contribution is -0.122. The number of primary amides is 1. The van der Waals surface area contributed by atoms with Gasteiger partial charge in [0.15, 0.2) is 0 Å². The molecule has 0 radical (unpaired) electrons. The zero-order valence-corrected chi connectivity index (χ0v) is 12.8. The monoisotopic (exact) mass is 312 g/mol. The number of hydrogen-bond acceptors (Lipinski definition) is 2. The number of rotatable bonds is 5. The molecule has 3 nitrogen and oxygen atoms in total. The fourth-order valence-electron chi connectivity index (χ4n) is 1.89. The van der Waals surface area contributed by atoms with Crippen molar-refractivity contribution in [3.05, 3.63) is 34.3 Å². The van der Waals surface area contributed by atoms with E-state index in [-0.39, 0.29) is 17.4 Å². The molecule has 1 atom stereocenters. The summed E-state index contributed by atoms with van der Waals surface area (Å²) in [5.74, 6) is -0.295. The molecule has 0 saturated carbocycles. The van der Waals surface area contributed by atoms with E-state index in [1.54, 1.807) is 0 Å². The van der Waals surface area contributed by atoms with E-state index < -0.39 is 0 Å². The van der Waals surface area contributed by atoms with Gasteiger partial charge in [0.25, 0.3) is 0 Å². The Kier molecular flexibility index (Phi) is 5.35. The molecule has 0 spiro atoms. The molecule has 0 aromatic heterocycles. The molecule has 0 saturated heterocycles. The fraction of sp³-hybridized carbons (Fsp3) is 0.500. The smallest absolute Gasteiger partial charge is 0.235 e. The second kappa shape index (κ2) is 6.34. The van der Waals surface area contributed by atoms with E-state index in [0.29, 0.717) is 0 Å². The molecule has 1 aromatic rings. The predicted molar refractivity (Wildman–Crippen MR) is 78.3 cm³/mol. The summed E-state index contributed by atoms with van der Waals surface area (Å²) >= 11 is 3.44. The molecule has 0 bridgehead atoms. The third-order valence-corrected chi connectivity index (χ3v) is 3.29. The van der Waals surface area contributed by atoms with Crippen molar-refractivity contribution in [1.29, 1.82) is 0 Å². The van der Waals surface area contributed by atoms with Gasteiger partial charge in [0.1, 0.15) is 0 Å². The number of carbonyl (C=O) groups is 1. The average molecular weight is 313 g/mol.